The Hall–Kier alpha value is -1.92. The first-order chi connectivity index (χ1) is 11.1. The molecular formula is C16H23FN4O2. The van der Waals surface area contributed by atoms with Gasteiger partial charge in [0.05, 0.1) is 12.6 Å². The second-order valence-corrected chi connectivity index (χ2v) is 6.28. The number of aryl methyl sites for hydroxylation is 1. The lowest BCUT2D eigenvalue weighted by Gasteiger charge is -2.22. The number of alkyl halides is 1. The maximum atomic E-state index is 13.8. The summed E-state index contributed by atoms with van der Waals surface area (Å²) in [6, 6.07) is 0.177. The molecule has 1 saturated heterocycles. The summed E-state index contributed by atoms with van der Waals surface area (Å²) in [5.74, 6) is 0.421. The van der Waals surface area contributed by atoms with Crippen molar-refractivity contribution in [3.8, 4) is 0 Å². The number of carbonyl (C=O) groups is 1. The minimum Gasteiger partial charge on any atom is -0.408 e. The van der Waals surface area contributed by atoms with Crippen LogP contribution < -0.4 is 10.2 Å². The normalized spacial score (nSPS) is 25.1. The molecule has 2 atom stereocenters. The number of allylic oxidation sites excluding steroid dienone is 1. The molecule has 3 rings (SSSR count). The molecule has 0 bridgehead atoms. The van der Waals surface area contributed by atoms with Gasteiger partial charge in [0.15, 0.2) is 0 Å². The third-order valence-corrected chi connectivity index (χ3v) is 4.46. The van der Waals surface area contributed by atoms with Gasteiger partial charge in [-0.25, -0.2) is 4.39 Å². The van der Waals surface area contributed by atoms with Crippen molar-refractivity contribution in [1.29, 1.82) is 0 Å². The molecule has 1 N–H and O–H groups in total. The van der Waals surface area contributed by atoms with Crippen LogP contribution >= 0.6 is 0 Å². The summed E-state index contributed by atoms with van der Waals surface area (Å²) in [6.45, 7) is 2.32. The minimum absolute atomic E-state index is 0.0316. The van der Waals surface area contributed by atoms with Crippen molar-refractivity contribution < 1.29 is 13.6 Å². The number of nitrogens with zero attached hydrogens (tertiary/aromatic N) is 3. The average Bonchev–Trinajstić information content (AvgIpc) is 3.00. The fraction of sp³-hybridized carbons (Fsp3) is 0.688. The lowest BCUT2D eigenvalue weighted by molar-refractivity contribution is -0.117. The van der Waals surface area contributed by atoms with Gasteiger partial charge in [-0.2, -0.15) is 0 Å². The number of halogens is 1. The van der Waals surface area contributed by atoms with Crippen LogP contribution in [0.15, 0.2) is 16.1 Å². The molecule has 1 fully saturated rings. The predicted molar refractivity (Wildman–Crippen MR) is 83.9 cm³/mol. The summed E-state index contributed by atoms with van der Waals surface area (Å²) >= 11 is 0. The van der Waals surface area contributed by atoms with Gasteiger partial charge in [0.2, 0.25) is 11.8 Å². The van der Waals surface area contributed by atoms with Crippen molar-refractivity contribution in [2.45, 2.75) is 57.7 Å². The number of nitrogens with one attached hydrogen (secondary N) is 1. The van der Waals surface area contributed by atoms with Crippen molar-refractivity contribution in [1.82, 2.24) is 15.5 Å². The molecule has 0 unspecified atom stereocenters. The van der Waals surface area contributed by atoms with Crippen molar-refractivity contribution in [3.05, 3.63) is 17.5 Å². The number of amides is 1. The highest BCUT2D eigenvalue weighted by atomic mass is 19.1. The van der Waals surface area contributed by atoms with Gasteiger partial charge >= 0.3 is 6.01 Å². The molecule has 0 radical (unpaired) electrons. The maximum Gasteiger partial charge on any atom is 0.318 e. The number of carbonyl (C=O) groups excluding carboxylic acids is 1. The van der Waals surface area contributed by atoms with Crippen LogP contribution in [0.5, 0.6) is 0 Å². The molecular weight excluding hydrogens is 299 g/mol. The second-order valence-electron chi connectivity index (χ2n) is 6.28. The molecule has 23 heavy (non-hydrogen) atoms. The van der Waals surface area contributed by atoms with E-state index in [0.29, 0.717) is 24.9 Å². The van der Waals surface area contributed by atoms with Crippen molar-refractivity contribution >= 4 is 11.9 Å². The van der Waals surface area contributed by atoms with E-state index >= 15 is 0 Å². The number of hydrogen-bond acceptors (Lipinski definition) is 5. The van der Waals surface area contributed by atoms with Gasteiger partial charge in [-0.05, 0) is 25.7 Å². The van der Waals surface area contributed by atoms with Gasteiger partial charge in [-0.15, -0.1) is 5.10 Å². The van der Waals surface area contributed by atoms with Gasteiger partial charge < -0.3 is 14.6 Å². The smallest absolute Gasteiger partial charge is 0.318 e. The zero-order valence-electron chi connectivity index (χ0n) is 13.4. The highest BCUT2D eigenvalue weighted by molar-refractivity contribution is 5.93. The zero-order valence-corrected chi connectivity index (χ0v) is 13.4. The van der Waals surface area contributed by atoms with Gasteiger partial charge in [0, 0.05) is 25.5 Å². The fourth-order valence-corrected chi connectivity index (χ4v) is 3.23. The largest absolute Gasteiger partial charge is 0.408 e. The Morgan fingerprint density at radius 2 is 2.30 bits per heavy atom. The van der Waals surface area contributed by atoms with E-state index in [2.05, 4.69) is 15.5 Å². The number of aromatic nitrogens is 2. The Morgan fingerprint density at radius 1 is 1.43 bits per heavy atom. The molecule has 1 amide bonds. The van der Waals surface area contributed by atoms with Crippen LogP contribution in [0.2, 0.25) is 0 Å². The summed E-state index contributed by atoms with van der Waals surface area (Å²) in [4.78, 5) is 14.0. The van der Waals surface area contributed by atoms with Gasteiger partial charge in [0.25, 0.3) is 0 Å². The van der Waals surface area contributed by atoms with E-state index in [1.165, 1.54) is 6.42 Å². The third-order valence-electron chi connectivity index (χ3n) is 4.46. The van der Waals surface area contributed by atoms with E-state index in [1.807, 2.05) is 6.08 Å². The van der Waals surface area contributed by atoms with Crippen LogP contribution in [0.4, 0.5) is 10.4 Å². The Bertz CT molecular complexity index is 586. The number of anilines is 1. The molecule has 7 heteroatoms. The molecule has 1 aliphatic carbocycles. The lowest BCUT2D eigenvalue weighted by Crippen LogP contribution is -2.40. The number of rotatable bonds is 4. The van der Waals surface area contributed by atoms with E-state index in [1.54, 1.807) is 11.8 Å². The highest BCUT2D eigenvalue weighted by Crippen LogP contribution is 2.26. The summed E-state index contributed by atoms with van der Waals surface area (Å²) in [6.07, 6.45) is 6.62. The Balaban J connectivity index is 1.59. The average molecular weight is 322 g/mol. The first-order valence-electron chi connectivity index (χ1n) is 8.31. The van der Waals surface area contributed by atoms with Crippen LogP contribution in [-0.2, 0) is 4.79 Å². The summed E-state index contributed by atoms with van der Waals surface area (Å²) in [5, 5.41) is 10.7. The molecule has 1 aromatic rings. The molecule has 0 aromatic carbocycles. The fourth-order valence-electron chi connectivity index (χ4n) is 3.23. The zero-order chi connectivity index (χ0) is 16.2. The molecule has 0 saturated carbocycles. The van der Waals surface area contributed by atoms with E-state index in [0.717, 1.165) is 31.3 Å². The molecule has 1 aliphatic heterocycles. The van der Waals surface area contributed by atoms with Crippen molar-refractivity contribution in [3.63, 3.8) is 0 Å². The van der Waals surface area contributed by atoms with E-state index in [-0.39, 0.29) is 18.5 Å². The summed E-state index contributed by atoms with van der Waals surface area (Å²) in [5.41, 5.74) is 0.859. The minimum atomic E-state index is -0.943. The molecule has 6 nitrogen and oxygen atoms in total. The van der Waals surface area contributed by atoms with Crippen LogP contribution in [0, 0.1) is 6.92 Å². The topological polar surface area (TPSA) is 71.3 Å². The molecule has 0 spiro atoms. The second kappa shape index (κ2) is 7.10. The Kier molecular flexibility index (Phi) is 4.93. The first kappa shape index (κ1) is 16.0. The van der Waals surface area contributed by atoms with Gasteiger partial charge in [0.1, 0.15) is 6.17 Å². The first-order valence-corrected chi connectivity index (χ1v) is 8.31. The lowest BCUT2D eigenvalue weighted by atomic mass is 10.1. The Labute approximate surface area is 135 Å². The van der Waals surface area contributed by atoms with Crippen LogP contribution in [-0.4, -0.2) is 41.4 Å². The summed E-state index contributed by atoms with van der Waals surface area (Å²) < 4.78 is 19.2. The number of hydrogen-bond donors (Lipinski definition) is 1. The third kappa shape index (κ3) is 3.89. The van der Waals surface area contributed by atoms with Crippen molar-refractivity contribution in [2.24, 2.45) is 0 Å². The monoisotopic (exact) mass is 322 g/mol. The quantitative estimate of drug-likeness (QED) is 0.921. The van der Waals surface area contributed by atoms with Crippen LogP contribution in [0.3, 0.4) is 0 Å². The summed E-state index contributed by atoms with van der Waals surface area (Å²) in [7, 11) is 0. The Morgan fingerprint density at radius 3 is 3.09 bits per heavy atom. The van der Waals surface area contributed by atoms with Crippen LogP contribution in [0.1, 0.15) is 44.4 Å². The molecule has 126 valence electrons. The maximum absolute atomic E-state index is 13.8. The van der Waals surface area contributed by atoms with Gasteiger partial charge in [-0.3, -0.25) is 4.79 Å². The molecule has 2 heterocycles. The molecule has 1 aromatic heterocycles. The van der Waals surface area contributed by atoms with E-state index < -0.39 is 6.17 Å². The van der Waals surface area contributed by atoms with E-state index in [9.17, 15) is 9.18 Å². The predicted octanol–water partition coefficient (Wildman–Crippen LogP) is 2.30. The van der Waals surface area contributed by atoms with Gasteiger partial charge in [-0.1, -0.05) is 17.6 Å². The van der Waals surface area contributed by atoms with Crippen molar-refractivity contribution in [2.75, 3.05) is 18.0 Å². The molecule has 2 aliphatic rings. The van der Waals surface area contributed by atoms with E-state index in [4.69, 9.17) is 4.42 Å². The standard InChI is InChI=1S/C16H23FN4O2/c1-11-19-20-16(23-11)21-10-13(17)8-14(21)9-18-15(22)12-6-4-2-3-5-7-12/h6,13-14H,2-5,7-10H2,1H3,(H,18,22)/t13-,14-/m0/s1. The van der Waals surface area contributed by atoms with Crippen LogP contribution in [0.25, 0.3) is 0 Å². The SMILES string of the molecule is Cc1nnc(N2C[C@@H](F)C[C@H]2CNC(=O)C2=CCCCCC2)o1. The highest BCUT2D eigenvalue weighted by Gasteiger charge is 2.35.